The molecule has 0 aromatic heterocycles. The van der Waals surface area contributed by atoms with Gasteiger partial charge in [0, 0.05) is 5.54 Å². The van der Waals surface area contributed by atoms with Crippen LogP contribution in [-0.2, 0) is 24.3 Å². The molecule has 2 N–H and O–H groups in total. The minimum Gasteiger partial charge on any atom is -0.455 e. The van der Waals surface area contributed by atoms with Crippen LogP contribution in [0.2, 0.25) is 0 Å². The normalized spacial score (nSPS) is 11.4. The Bertz CT molecular complexity index is 743. The Morgan fingerprint density at radius 1 is 1.21 bits per heavy atom. The molecule has 0 aliphatic heterocycles. The lowest BCUT2D eigenvalue weighted by Gasteiger charge is -2.20. The molecule has 0 aliphatic rings. The molecule has 1 amide bonds. The fourth-order valence-corrected chi connectivity index (χ4v) is 2.57. The molecule has 0 saturated heterocycles. The highest BCUT2D eigenvalue weighted by atomic mass is 32.2. The highest BCUT2D eigenvalue weighted by molar-refractivity contribution is 7.89. The van der Waals surface area contributed by atoms with E-state index >= 15 is 0 Å². The standard InChI is InChI=1S/C15H19N3O5S/c1-15(2,3)18-13(19)10-23-14(20)9-17-24(21,22)12-6-4-11(8-16)5-7-12/h4-7,17H,9-10H2,1-3H3,(H,18,19). The van der Waals surface area contributed by atoms with Crippen molar-refractivity contribution in [2.24, 2.45) is 0 Å². The SMILES string of the molecule is CC(C)(C)NC(=O)COC(=O)CNS(=O)(=O)c1ccc(C#N)cc1. The zero-order valence-corrected chi connectivity index (χ0v) is 14.4. The van der Waals surface area contributed by atoms with E-state index in [4.69, 9.17) is 10.00 Å². The first kappa shape index (κ1) is 19.6. The molecule has 1 aromatic carbocycles. The van der Waals surface area contributed by atoms with Gasteiger partial charge in [-0.2, -0.15) is 9.98 Å². The van der Waals surface area contributed by atoms with E-state index < -0.39 is 40.6 Å². The molecule has 0 spiro atoms. The number of benzene rings is 1. The number of nitrogens with one attached hydrogen (secondary N) is 2. The molecule has 0 bridgehead atoms. The van der Waals surface area contributed by atoms with Gasteiger partial charge in [0.1, 0.15) is 6.54 Å². The lowest BCUT2D eigenvalue weighted by atomic mass is 10.1. The monoisotopic (exact) mass is 353 g/mol. The maximum Gasteiger partial charge on any atom is 0.321 e. The van der Waals surface area contributed by atoms with Gasteiger partial charge in [-0.15, -0.1) is 0 Å². The van der Waals surface area contributed by atoms with E-state index in [2.05, 4.69) is 10.0 Å². The predicted molar refractivity (Wildman–Crippen MR) is 85.2 cm³/mol. The summed E-state index contributed by atoms with van der Waals surface area (Å²) in [6.45, 7) is 4.23. The maximum absolute atomic E-state index is 12.0. The summed E-state index contributed by atoms with van der Waals surface area (Å²) in [6, 6.07) is 7.08. The second-order valence-corrected chi connectivity index (χ2v) is 7.69. The Morgan fingerprint density at radius 3 is 2.29 bits per heavy atom. The van der Waals surface area contributed by atoms with E-state index in [0.29, 0.717) is 5.56 Å². The number of rotatable bonds is 6. The summed E-state index contributed by atoms with van der Waals surface area (Å²) < 4.78 is 30.7. The number of carbonyl (C=O) groups is 2. The van der Waals surface area contributed by atoms with Gasteiger partial charge >= 0.3 is 5.97 Å². The van der Waals surface area contributed by atoms with Crippen LogP contribution in [0.4, 0.5) is 0 Å². The molecule has 8 nitrogen and oxygen atoms in total. The van der Waals surface area contributed by atoms with E-state index in [1.807, 2.05) is 6.07 Å². The second kappa shape index (κ2) is 7.90. The number of esters is 1. The van der Waals surface area contributed by atoms with Gasteiger partial charge in [-0.3, -0.25) is 9.59 Å². The molecule has 0 unspecified atom stereocenters. The van der Waals surface area contributed by atoms with Gasteiger partial charge in [0.2, 0.25) is 10.0 Å². The largest absolute Gasteiger partial charge is 0.455 e. The van der Waals surface area contributed by atoms with E-state index in [-0.39, 0.29) is 4.90 Å². The Balaban J connectivity index is 2.51. The van der Waals surface area contributed by atoms with Crippen molar-refractivity contribution in [2.45, 2.75) is 31.2 Å². The fraction of sp³-hybridized carbons (Fsp3) is 0.400. The van der Waals surface area contributed by atoms with Crippen LogP contribution in [0, 0.1) is 11.3 Å². The van der Waals surface area contributed by atoms with Crippen LogP contribution in [-0.4, -0.2) is 39.0 Å². The molecule has 0 heterocycles. The summed E-state index contributed by atoms with van der Waals surface area (Å²) in [4.78, 5) is 22.9. The van der Waals surface area contributed by atoms with Gasteiger partial charge in [0.05, 0.1) is 16.5 Å². The topological polar surface area (TPSA) is 125 Å². The van der Waals surface area contributed by atoms with Crippen LogP contribution < -0.4 is 10.0 Å². The van der Waals surface area contributed by atoms with Gasteiger partial charge in [0.15, 0.2) is 6.61 Å². The van der Waals surface area contributed by atoms with Crippen LogP contribution in [0.25, 0.3) is 0 Å². The lowest BCUT2D eigenvalue weighted by molar-refractivity contribution is -0.147. The third-order valence-corrected chi connectivity index (χ3v) is 4.00. The molecule has 1 rings (SSSR count). The Morgan fingerprint density at radius 2 is 1.79 bits per heavy atom. The molecule has 0 radical (unpaired) electrons. The third-order valence-electron chi connectivity index (χ3n) is 2.58. The van der Waals surface area contributed by atoms with Crippen molar-refractivity contribution in [3.63, 3.8) is 0 Å². The summed E-state index contributed by atoms with van der Waals surface area (Å²) in [7, 11) is -3.91. The van der Waals surface area contributed by atoms with Crippen LogP contribution in [0.5, 0.6) is 0 Å². The van der Waals surface area contributed by atoms with Crippen molar-refractivity contribution in [3.8, 4) is 6.07 Å². The third kappa shape index (κ3) is 6.76. The molecule has 0 atom stereocenters. The second-order valence-electron chi connectivity index (χ2n) is 5.92. The lowest BCUT2D eigenvalue weighted by Crippen LogP contribution is -2.43. The zero-order valence-electron chi connectivity index (χ0n) is 13.6. The summed E-state index contributed by atoms with van der Waals surface area (Å²) in [6.07, 6.45) is 0. The minimum atomic E-state index is -3.91. The van der Waals surface area contributed by atoms with Crippen molar-refractivity contribution < 1.29 is 22.7 Å². The van der Waals surface area contributed by atoms with Crippen LogP contribution in [0.3, 0.4) is 0 Å². The number of hydrogen-bond donors (Lipinski definition) is 2. The van der Waals surface area contributed by atoms with Gasteiger partial charge in [0.25, 0.3) is 5.91 Å². The number of sulfonamides is 1. The highest BCUT2D eigenvalue weighted by Crippen LogP contribution is 2.09. The van der Waals surface area contributed by atoms with Crippen molar-refractivity contribution in [2.75, 3.05) is 13.2 Å². The highest BCUT2D eigenvalue weighted by Gasteiger charge is 2.18. The minimum absolute atomic E-state index is 0.0835. The molecule has 0 fully saturated rings. The molecule has 0 aliphatic carbocycles. The van der Waals surface area contributed by atoms with Gasteiger partial charge < -0.3 is 10.1 Å². The fourth-order valence-electron chi connectivity index (χ4n) is 1.60. The first-order valence-electron chi connectivity index (χ1n) is 7.00. The molecular weight excluding hydrogens is 334 g/mol. The number of nitrogens with zero attached hydrogens (tertiary/aromatic N) is 1. The average molecular weight is 353 g/mol. The Hall–Kier alpha value is -2.44. The number of nitriles is 1. The zero-order chi connectivity index (χ0) is 18.4. The number of ether oxygens (including phenoxy) is 1. The summed E-state index contributed by atoms with van der Waals surface area (Å²) >= 11 is 0. The van der Waals surface area contributed by atoms with E-state index in [1.54, 1.807) is 20.8 Å². The van der Waals surface area contributed by atoms with Gasteiger partial charge in [-0.05, 0) is 45.0 Å². The van der Waals surface area contributed by atoms with Crippen molar-refractivity contribution in [3.05, 3.63) is 29.8 Å². The number of hydrogen-bond acceptors (Lipinski definition) is 6. The molecule has 9 heteroatoms. The van der Waals surface area contributed by atoms with Gasteiger partial charge in [-0.1, -0.05) is 0 Å². The number of amides is 1. The molecule has 130 valence electrons. The Labute approximate surface area is 140 Å². The Kier molecular flexibility index (Phi) is 6.45. The summed E-state index contributed by atoms with van der Waals surface area (Å²) in [5.41, 5.74) is -0.140. The van der Waals surface area contributed by atoms with E-state index in [1.165, 1.54) is 24.3 Å². The predicted octanol–water partition coefficient (Wildman–Crippen LogP) is 0.294. The van der Waals surface area contributed by atoms with Crippen LogP contribution in [0.1, 0.15) is 26.3 Å². The molecule has 24 heavy (non-hydrogen) atoms. The quantitative estimate of drug-likeness (QED) is 0.708. The van der Waals surface area contributed by atoms with Crippen molar-refractivity contribution in [1.82, 2.24) is 10.0 Å². The summed E-state index contributed by atoms with van der Waals surface area (Å²) in [5, 5.41) is 11.3. The van der Waals surface area contributed by atoms with Crippen molar-refractivity contribution in [1.29, 1.82) is 5.26 Å². The molecule has 0 saturated carbocycles. The van der Waals surface area contributed by atoms with Gasteiger partial charge in [-0.25, -0.2) is 8.42 Å². The van der Waals surface area contributed by atoms with Crippen LogP contribution in [0.15, 0.2) is 29.2 Å². The first-order valence-corrected chi connectivity index (χ1v) is 8.48. The smallest absolute Gasteiger partial charge is 0.321 e. The molecule has 1 aromatic rings. The molecular formula is C15H19N3O5S. The number of carbonyl (C=O) groups excluding carboxylic acids is 2. The maximum atomic E-state index is 12.0. The summed E-state index contributed by atoms with van der Waals surface area (Å²) in [5.74, 6) is -1.36. The van der Waals surface area contributed by atoms with E-state index in [9.17, 15) is 18.0 Å². The average Bonchev–Trinajstić information content (AvgIpc) is 2.49. The first-order chi connectivity index (χ1) is 11.0. The van der Waals surface area contributed by atoms with E-state index in [0.717, 1.165) is 0 Å². The van der Waals surface area contributed by atoms with Crippen LogP contribution >= 0.6 is 0 Å². The van der Waals surface area contributed by atoms with Crippen molar-refractivity contribution >= 4 is 21.9 Å².